The third-order valence-corrected chi connectivity index (χ3v) is 4.48. The maximum absolute atomic E-state index is 9.56. The predicted octanol–water partition coefficient (Wildman–Crippen LogP) is 3.33. The summed E-state index contributed by atoms with van der Waals surface area (Å²) in [6, 6.07) is 8.04. The zero-order valence-corrected chi connectivity index (χ0v) is 11.8. The minimum atomic E-state index is 0.295. The van der Waals surface area contributed by atoms with Gasteiger partial charge in [0.1, 0.15) is 10.8 Å². The van der Waals surface area contributed by atoms with E-state index in [2.05, 4.69) is 12.2 Å². The fourth-order valence-corrected chi connectivity index (χ4v) is 3.18. The van der Waals surface area contributed by atoms with Gasteiger partial charge in [0, 0.05) is 23.0 Å². The van der Waals surface area contributed by atoms with E-state index < -0.39 is 0 Å². The van der Waals surface area contributed by atoms with Crippen LogP contribution in [0.15, 0.2) is 24.3 Å². The van der Waals surface area contributed by atoms with Gasteiger partial charge in [-0.3, -0.25) is 0 Å². The largest absolute Gasteiger partial charge is 0.508 e. The highest BCUT2D eigenvalue weighted by Crippen LogP contribution is 2.31. The molecule has 4 heteroatoms. The minimum absolute atomic E-state index is 0.295. The van der Waals surface area contributed by atoms with Gasteiger partial charge in [0.05, 0.1) is 5.69 Å². The van der Waals surface area contributed by atoms with Crippen LogP contribution in [0.4, 0.5) is 0 Å². The van der Waals surface area contributed by atoms with Gasteiger partial charge in [-0.05, 0) is 31.4 Å². The molecule has 100 valence electrons. The van der Waals surface area contributed by atoms with Gasteiger partial charge >= 0.3 is 0 Å². The zero-order chi connectivity index (χ0) is 13.2. The van der Waals surface area contributed by atoms with Crippen molar-refractivity contribution in [2.45, 2.75) is 38.8 Å². The van der Waals surface area contributed by atoms with Crippen LogP contribution in [0, 0.1) is 0 Å². The Morgan fingerprint density at radius 1 is 1.42 bits per heavy atom. The summed E-state index contributed by atoms with van der Waals surface area (Å²) in [5.41, 5.74) is 2.17. The molecule has 1 aliphatic carbocycles. The van der Waals surface area contributed by atoms with Crippen molar-refractivity contribution in [1.82, 2.24) is 10.3 Å². The highest BCUT2D eigenvalue weighted by Gasteiger charge is 2.21. The molecular formula is C15H18N2OS. The van der Waals surface area contributed by atoms with Crippen LogP contribution in [0.3, 0.4) is 0 Å². The molecule has 0 unspecified atom stereocenters. The molecule has 0 atom stereocenters. The molecule has 1 fully saturated rings. The first-order chi connectivity index (χ1) is 9.26. The summed E-state index contributed by atoms with van der Waals surface area (Å²) in [6.07, 6.45) is 3.57. The van der Waals surface area contributed by atoms with Crippen LogP contribution in [0.5, 0.6) is 5.75 Å². The van der Waals surface area contributed by atoms with Gasteiger partial charge in [-0.2, -0.15) is 0 Å². The summed E-state index contributed by atoms with van der Waals surface area (Å²) < 4.78 is 0. The average Bonchev–Trinajstić information content (AvgIpc) is 3.15. The number of aromatic hydroxyl groups is 1. The molecule has 0 bridgehead atoms. The Kier molecular flexibility index (Phi) is 3.53. The van der Waals surface area contributed by atoms with E-state index in [9.17, 15) is 5.11 Å². The fraction of sp³-hybridized carbons (Fsp3) is 0.400. The average molecular weight is 274 g/mol. The lowest BCUT2D eigenvalue weighted by molar-refractivity contribution is 0.475. The summed E-state index contributed by atoms with van der Waals surface area (Å²) in [6.45, 7) is 3.06. The van der Waals surface area contributed by atoms with Gasteiger partial charge in [-0.25, -0.2) is 4.98 Å². The summed E-state index contributed by atoms with van der Waals surface area (Å²) in [5.74, 6) is 0.295. The van der Waals surface area contributed by atoms with Crippen molar-refractivity contribution in [3.05, 3.63) is 34.8 Å². The Balaban J connectivity index is 1.85. The van der Waals surface area contributed by atoms with Crippen LogP contribution in [-0.2, 0) is 13.0 Å². The number of thiazole rings is 1. The van der Waals surface area contributed by atoms with Gasteiger partial charge < -0.3 is 10.4 Å². The summed E-state index contributed by atoms with van der Waals surface area (Å²) in [5, 5.41) is 14.1. The van der Waals surface area contributed by atoms with E-state index >= 15 is 0 Å². The third-order valence-electron chi connectivity index (χ3n) is 3.33. The maximum Gasteiger partial charge on any atom is 0.124 e. The second kappa shape index (κ2) is 5.31. The molecule has 0 radical (unpaired) electrons. The van der Waals surface area contributed by atoms with Crippen molar-refractivity contribution in [3.63, 3.8) is 0 Å². The third kappa shape index (κ3) is 2.96. The fourth-order valence-electron chi connectivity index (χ4n) is 2.08. The van der Waals surface area contributed by atoms with Crippen LogP contribution in [0.25, 0.3) is 10.6 Å². The second-order valence-corrected chi connectivity index (χ2v) is 6.03. The summed E-state index contributed by atoms with van der Waals surface area (Å²) in [7, 11) is 0. The number of hydrogen-bond donors (Lipinski definition) is 2. The van der Waals surface area contributed by atoms with Crippen LogP contribution in [-0.4, -0.2) is 16.1 Å². The van der Waals surface area contributed by atoms with Crippen molar-refractivity contribution in [3.8, 4) is 16.3 Å². The molecule has 0 saturated heterocycles. The summed E-state index contributed by atoms with van der Waals surface area (Å²) >= 11 is 1.73. The second-order valence-electron chi connectivity index (χ2n) is 4.95. The predicted molar refractivity (Wildman–Crippen MR) is 78.5 cm³/mol. The Bertz CT molecular complexity index is 575. The minimum Gasteiger partial charge on any atom is -0.508 e. The van der Waals surface area contributed by atoms with Gasteiger partial charge in [0.25, 0.3) is 0 Å². The first-order valence-corrected chi connectivity index (χ1v) is 7.59. The lowest BCUT2D eigenvalue weighted by Gasteiger charge is -2.00. The van der Waals surface area contributed by atoms with Gasteiger partial charge in [-0.15, -0.1) is 11.3 Å². The van der Waals surface area contributed by atoms with Crippen molar-refractivity contribution >= 4 is 11.3 Å². The first kappa shape index (κ1) is 12.6. The lowest BCUT2D eigenvalue weighted by Crippen LogP contribution is -2.15. The van der Waals surface area contributed by atoms with Gasteiger partial charge in [0.2, 0.25) is 0 Å². The number of rotatable bonds is 5. The molecule has 1 heterocycles. The number of aromatic nitrogens is 1. The molecule has 1 saturated carbocycles. The van der Waals surface area contributed by atoms with Crippen molar-refractivity contribution < 1.29 is 5.11 Å². The maximum atomic E-state index is 9.56. The first-order valence-electron chi connectivity index (χ1n) is 6.77. The monoisotopic (exact) mass is 274 g/mol. The summed E-state index contributed by atoms with van der Waals surface area (Å²) in [4.78, 5) is 6.03. The lowest BCUT2D eigenvalue weighted by atomic mass is 10.2. The number of benzene rings is 1. The van der Waals surface area contributed by atoms with Crippen molar-refractivity contribution in [1.29, 1.82) is 0 Å². The Labute approximate surface area is 117 Å². The molecule has 0 spiro atoms. The van der Waals surface area contributed by atoms with E-state index in [0.29, 0.717) is 5.75 Å². The Hall–Kier alpha value is -1.39. The molecule has 1 aromatic carbocycles. The van der Waals surface area contributed by atoms with Crippen LogP contribution in [0.2, 0.25) is 0 Å². The number of nitrogens with one attached hydrogen (secondary N) is 1. The van der Waals surface area contributed by atoms with E-state index in [0.717, 1.165) is 29.6 Å². The molecular weight excluding hydrogens is 256 g/mol. The molecule has 0 amide bonds. The molecule has 3 rings (SSSR count). The van der Waals surface area contributed by atoms with E-state index in [-0.39, 0.29) is 0 Å². The van der Waals surface area contributed by atoms with Crippen LogP contribution >= 0.6 is 11.3 Å². The van der Waals surface area contributed by atoms with Gasteiger partial charge in [0.15, 0.2) is 0 Å². The number of nitrogens with zero attached hydrogens (tertiary/aromatic N) is 1. The molecule has 19 heavy (non-hydrogen) atoms. The Morgan fingerprint density at radius 3 is 2.95 bits per heavy atom. The quantitative estimate of drug-likeness (QED) is 0.879. The van der Waals surface area contributed by atoms with Crippen LogP contribution < -0.4 is 5.32 Å². The highest BCUT2D eigenvalue weighted by atomic mass is 32.1. The topological polar surface area (TPSA) is 45.2 Å². The SMILES string of the molecule is CCc1nc(-c2cccc(O)c2)sc1CNC1CC1. The number of hydrogen-bond acceptors (Lipinski definition) is 4. The zero-order valence-electron chi connectivity index (χ0n) is 11.0. The van der Waals surface area contributed by atoms with E-state index in [4.69, 9.17) is 4.98 Å². The van der Waals surface area contributed by atoms with E-state index in [1.807, 2.05) is 12.1 Å². The molecule has 0 aliphatic heterocycles. The molecule has 1 aromatic heterocycles. The molecule has 3 nitrogen and oxygen atoms in total. The number of phenolic OH excluding ortho intramolecular Hbond substituents is 1. The molecule has 2 N–H and O–H groups in total. The van der Waals surface area contributed by atoms with E-state index in [1.165, 1.54) is 23.4 Å². The van der Waals surface area contributed by atoms with Gasteiger partial charge in [-0.1, -0.05) is 19.1 Å². The number of aryl methyl sites for hydroxylation is 1. The van der Waals surface area contributed by atoms with E-state index in [1.54, 1.807) is 23.5 Å². The smallest absolute Gasteiger partial charge is 0.124 e. The standard InChI is InChI=1S/C15H18N2OS/c1-2-13-14(9-16-11-6-7-11)19-15(17-13)10-4-3-5-12(18)8-10/h3-5,8,11,16,18H,2,6-7,9H2,1H3. The normalized spacial score (nSPS) is 14.8. The number of phenols is 1. The molecule has 2 aromatic rings. The Morgan fingerprint density at radius 2 is 2.26 bits per heavy atom. The highest BCUT2D eigenvalue weighted by molar-refractivity contribution is 7.15. The molecule has 1 aliphatic rings. The van der Waals surface area contributed by atoms with Crippen LogP contribution in [0.1, 0.15) is 30.3 Å². The van der Waals surface area contributed by atoms with Crippen molar-refractivity contribution in [2.24, 2.45) is 0 Å². The van der Waals surface area contributed by atoms with Crippen molar-refractivity contribution in [2.75, 3.05) is 0 Å².